The normalized spacial score (nSPS) is 12.5. The third-order valence-corrected chi connectivity index (χ3v) is 4.50. The van der Waals surface area contributed by atoms with E-state index in [9.17, 15) is 0 Å². The van der Waals surface area contributed by atoms with Crippen LogP contribution in [-0.2, 0) is 5.41 Å². The summed E-state index contributed by atoms with van der Waals surface area (Å²) in [7, 11) is 2.00. The second-order valence-corrected chi connectivity index (χ2v) is 8.20. The number of hydrogen-bond donors (Lipinski definition) is 0. The maximum Gasteiger partial charge on any atom is 0.0662 e. The zero-order valence-electron chi connectivity index (χ0n) is 17.2. The van der Waals surface area contributed by atoms with Crippen LogP contribution in [0.15, 0.2) is 53.6 Å². The van der Waals surface area contributed by atoms with Crippen LogP contribution in [0, 0.1) is 12.8 Å². The molecule has 0 aliphatic heterocycles. The van der Waals surface area contributed by atoms with Crippen LogP contribution in [0.3, 0.4) is 0 Å². The summed E-state index contributed by atoms with van der Waals surface area (Å²) in [6, 6.07) is 14.8. The van der Waals surface area contributed by atoms with E-state index in [-0.39, 0.29) is 5.41 Å². The fraction of sp³-hybridized carbons (Fsp3) is 0.375. The lowest BCUT2D eigenvalue weighted by Crippen LogP contribution is -2.14. The lowest BCUT2D eigenvalue weighted by atomic mass is 9.83. The molecule has 0 saturated heterocycles. The van der Waals surface area contributed by atoms with E-state index in [2.05, 4.69) is 96.2 Å². The Morgan fingerprint density at radius 1 is 0.962 bits per heavy atom. The Balaban J connectivity index is 2.30. The molecule has 0 bridgehead atoms. The molecular weight excluding hydrogens is 316 g/mol. The number of anilines is 1. The van der Waals surface area contributed by atoms with Gasteiger partial charge in [0.25, 0.3) is 0 Å². The van der Waals surface area contributed by atoms with E-state index in [1.807, 2.05) is 18.3 Å². The van der Waals surface area contributed by atoms with Crippen LogP contribution in [0.2, 0.25) is 0 Å². The Morgan fingerprint density at radius 3 is 2.27 bits per heavy atom. The minimum atomic E-state index is 0.133. The smallest absolute Gasteiger partial charge is 0.0662 e. The monoisotopic (exact) mass is 348 g/mol. The van der Waals surface area contributed by atoms with Gasteiger partial charge in [0.1, 0.15) is 0 Å². The van der Waals surface area contributed by atoms with E-state index >= 15 is 0 Å². The molecule has 0 heterocycles. The van der Waals surface area contributed by atoms with E-state index in [4.69, 9.17) is 5.10 Å². The third-order valence-electron chi connectivity index (χ3n) is 4.50. The second-order valence-electron chi connectivity index (χ2n) is 8.20. The van der Waals surface area contributed by atoms with Crippen molar-refractivity contribution in [1.82, 2.24) is 0 Å². The van der Waals surface area contributed by atoms with E-state index in [1.165, 1.54) is 22.3 Å². The predicted octanol–water partition coefficient (Wildman–Crippen LogP) is 6.43. The van der Waals surface area contributed by atoms with Crippen LogP contribution in [0.5, 0.6) is 0 Å². The van der Waals surface area contributed by atoms with Crippen LogP contribution < -0.4 is 5.01 Å². The molecule has 2 heteroatoms. The van der Waals surface area contributed by atoms with E-state index < -0.39 is 0 Å². The quantitative estimate of drug-likeness (QED) is 0.449. The molecule has 0 aliphatic carbocycles. The highest BCUT2D eigenvalue weighted by Gasteiger charge is 2.17. The minimum absolute atomic E-state index is 0.133. The number of hydrogen-bond acceptors (Lipinski definition) is 2. The standard InChI is InChI=1S/C24H32N2/c1-18(2)15-16-20-11-8-9-14-23(20)26(7)25-17-21-12-10-13-22(19(21)3)24(4,5)6/h8-18H,1-7H3/b16-15-,25-17+. The van der Waals surface area contributed by atoms with Gasteiger partial charge in [-0.25, -0.2) is 0 Å². The molecule has 0 amide bonds. The molecule has 0 unspecified atom stereocenters. The Morgan fingerprint density at radius 2 is 1.62 bits per heavy atom. The number of nitrogens with zero attached hydrogens (tertiary/aromatic N) is 2. The van der Waals surface area contributed by atoms with Crippen molar-refractivity contribution < 1.29 is 0 Å². The van der Waals surface area contributed by atoms with Gasteiger partial charge in [-0.2, -0.15) is 5.10 Å². The van der Waals surface area contributed by atoms with Gasteiger partial charge in [-0.1, -0.05) is 83.2 Å². The molecule has 0 aliphatic rings. The van der Waals surface area contributed by atoms with E-state index in [1.54, 1.807) is 0 Å². The van der Waals surface area contributed by atoms with Gasteiger partial charge in [-0.15, -0.1) is 0 Å². The molecule has 0 aromatic heterocycles. The second kappa shape index (κ2) is 8.35. The third kappa shape index (κ3) is 5.08. The van der Waals surface area contributed by atoms with Crippen LogP contribution in [0.25, 0.3) is 6.08 Å². The van der Waals surface area contributed by atoms with Gasteiger partial charge in [-0.05, 0) is 46.6 Å². The number of hydrazone groups is 1. The summed E-state index contributed by atoms with van der Waals surface area (Å²) in [6.07, 6.45) is 6.36. The lowest BCUT2D eigenvalue weighted by Gasteiger charge is -2.22. The van der Waals surface area contributed by atoms with Crippen molar-refractivity contribution in [2.24, 2.45) is 11.0 Å². The molecular formula is C24H32N2. The van der Waals surface area contributed by atoms with Gasteiger partial charge >= 0.3 is 0 Å². The Kier molecular flexibility index (Phi) is 6.42. The first-order valence-electron chi connectivity index (χ1n) is 9.35. The zero-order chi connectivity index (χ0) is 19.3. The number of benzene rings is 2. The number of para-hydroxylation sites is 1. The highest BCUT2D eigenvalue weighted by atomic mass is 15.4. The van der Waals surface area contributed by atoms with Gasteiger partial charge in [0.2, 0.25) is 0 Å². The molecule has 2 rings (SSSR count). The summed E-state index contributed by atoms with van der Waals surface area (Å²) in [4.78, 5) is 0. The first-order chi connectivity index (χ1) is 12.2. The lowest BCUT2D eigenvalue weighted by molar-refractivity contribution is 0.586. The van der Waals surface area contributed by atoms with Crippen LogP contribution in [0.1, 0.15) is 56.9 Å². The average molecular weight is 349 g/mol. The summed E-state index contributed by atoms with van der Waals surface area (Å²) >= 11 is 0. The van der Waals surface area contributed by atoms with Crippen LogP contribution in [0.4, 0.5) is 5.69 Å². The summed E-state index contributed by atoms with van der Waals surface area (Å²) in [5.74, 6) is 0.527. The molecule has 2 aromatic rings. The van der Waals surface area contributed by atoms with Crippen molar-refractivity contribution in [1.29, 1.82) is 0 Å². The summed E-state index contributed by atoms with van der Waals surface area (Å²) in [6.45, 7) is 13.3. The molecule has 2 aromatic carbocycles. The first-order valence-corrected chi connectivity index (χ1v) is 9.35. The van der Waals surface area contributed by atoms with Gasteiger partial charge in [0.05, 0.1) is 11.9 Å². The molecule has 0 atom stereocenters. The predicted molar refractivity (Wildman–Crippen MR) is 116 cm³/mol. The highest BCUT2D eigenvalue weighted by molar-refractivity contribution is 5.83. The molecule has 0 radical (unpaired) electrons. The van der Waals surface area contributed by atoms with Gasteiger partial charge in [0, 0.05) is 7.05 Å². The van der Waals surface area contributed by atoms with Crippen molar-refractivity contribution in [2.45, 2.75) is 47.0 Å². The number of rotatable bonds is 5. The molecule has 138 valence electrons. The zero-order valence-corrected chi connectivity index (χ0v) is 17.2. The molecule has 0 N–H and O–H groups in total. The molecule has 2 nitrogen and oxygen atoms in total. The molecule has 0 fully saturated rings. The van der Waals surface area contributed by atoms with Crippen molar-refractivity contribution >= 4 is 18.0 Å². The average Bonchev–Trinajstić information content (AvgIpc) is 2.58. The van der Waals surface area contributed by atoms with Crippen molar-refractivity contribution in [3.05, 3.63) is 70.8 Å². The maximum atomic E-state index is 4.71. The van der Waals surface area contributed by atoms with Gasteiger partial charge < -0.3 is 0 Å². The molecule has 0 spiro atoms. The van der Waals surface area contributed by atoms with Crippen molar-refractivity contribution in [2.75, 3.05) is 12.1 Å². The number of allylic oxidation sites excluding steroid dienone is 1. The Hall–Kier alpha value is -2.35. The largest absolute Gasteiger partial charge is 0.268 e. The Bertz CT molecular complexity index is 792. The van der Waals surface area contributed by atoms with Crippen LogP contribution >= 0.6 is 0 Å². The summed E-state index contributed by atoms with van der Waals surface area (Å²) in [5, 5.41) is 6.66. The van der Waals surface area contributed by atoms with Crippen LogP contribution in [-0.4, -0.2) is 13.3 Å². The highest BCUT2D eigenvalue weighted by Crippen LogP contribution is 2.27. The van der Waals surface area contributed by atoms with Gasteiger partial charge in [-0.3, -0.25) is 5.01 Å². The fourth-order valence-electron chi connectivity index (χ4n) is 3.04. The van der Waals surface area contributed by atoms with E-state index in [0.717, 1.165) is 5.69 Å². The van der Waals surface area contributed by atoms with E-state index in [0.29, 0.717) is 5.92 Å². The maximum absolute atomic E-state index is 4.71. The Labute approximate surface area is 159 Å². The SMILES string of the molecule is Cc1c(/C=N/N(C)c2ccccc2/C=C\C(C)C)cccc1C(C)(C)C. The first kappa shape index (κ1) is 20.0. The fourth-order valence-corrected chi connectivity index (χ4v) is 3.04. The topological polar surface area (TPSA) is 15.6 Å². The summed E-state index contributed by atoms with van der Waals surface area (Å²) in [5.41, 5.74) is 6.24. The van der Waals surface area contributed by atoms with Crippen molar-refractivity contribution in [3.63, 3.8) is 0 Å². The summed E-state index contributed by atoms with van der Waals surface area (Å²) < 4.78 is 0. The van der Waals surface area contributed by atoms with Crippen molar-refractivity contribution in [3.8, 4) is 0 Å². The minimum Gasteiger partial charge on any atom is -0.268 e. The molecule has 0 saturated carbocycles. The van der Waals surface area contributed by atoms with Gasteiger partial charge in [0.15, 0.2) is 0 Å². The molecule has 26 heavy (non-hydrogen) atoms.